The van der Waals surface area contributed by atoms with Gasteiger partial charge in [-0.15, -0.1) is 0 Å². The van der Waals surface area contributed by atoms with E-state index in [1.54, 1.807) is 18.2 Å². The van der Waals surface area contributed by atoms with Gasteiger partial charge in [-0.1, -0.05) is 48.5 Å². The molecule has 0 amide bonds. The summed E-state index contributed by atoms with van der Waals surface area (Å²) in [5.41, 5.74) is 13.7. The van der Waals surface area contributed by atoms with Gasteiger partial charge in [-0.25, -0.2) is 4.39 Å². The van der Waals surface area contributed by atoms with Crippen molar-refractivity contribution in [2.75, 3.05) is 0 Å². The molecule has 0 fully saturated rings. The molecule has 0 radical (unpaired) electrons. The van der Waals surface area contributed by atoms with Crippen LogP contribution in [0.25, 0.3) is 0 Å². The summed E-state index contributed by atoms with van der Waals surface area (Å²) < 4.78 is 13.6. The van der Waals surface area contributed by atoms with Gasteiger partial charge in [-0.3, -0.25) is 0 Å². The highest BCUT2D eigenvalue weighted by Crippen LogP contribution is 2.13. The van der Waals surface area contributed by atoms with E-state index in [9.17, 15) is 9.50 Å². The molecule has 22 heavy (non-hydrogen) atoms. The second-order valence-corrected chi connectivity index (χ2v) is 5.64. The Bertz CT molecular complexity index is 576. The van der Waals surface area contributed by atoms with Crippen molar-refractivity contribution in [3.8, 4) is 0 Å². The lowest BCUT2D eigenvalue weighted by atomic mass is 9.94. The van der Waals surface area contributed by atoms with Crippen LogP contribution in [0.1, 0.15) is 17.5 Å². The number of aliphatic hydroxyl groups excluding tert-OH is 1. The Labute approximate surface area is 130 Å². The van der Waals surface area contributed by atoms with Crippen molar-refractivity contribution in [3.63, 3.8) is 0 Å². The van der Waals surface area contributed by atoms with Crippen molar-refractivity contribution in [3.05, 3.63) is 71.5 Å². The molecule has 4 heteroatoms. The van der Waals surface area contributed by atoms with Gasteiger partial charge in [0.25, 0.3) is 0 Å². The molecule has 0 bridgehead atoms. The zero-order valence-electron chi connectivity index (χ0n) is 12.5. The molecular weight excluding hydrogens is 279 g/mol. The third-order valence-corrected chi connectivity index (χ3v) is 3.90. The molecule has 0 aromatic heterocycles. The van der Waals surface area contributed by atoms with Crippen molar-refractivity contribution in [1.29, 1.82) is 0 Å². The first-order valence-electron chi connectivity index (χ1n) is 7.54. The van der Waals surface area contributed by atoms with Gasteiger partial charge in [0.05, 0.1) is 6.10 Å². The lowest BCUT2D eigenvalue weighted by Crippen LogP contribution is -2.48. The molecule has 0 heterocycles. The molecule has 0 aliphatic rings. The molecule has 118 valence electrons. The maximum Gasteiger partial charge on any atom is 0.126 e. The van der Waals surface area contributed by atoms with Crippen LogP contribution in [0, 0.1) is 5.82 Å². The van der Waals surface area contributed by atoms with Crippen LogP contribution in [0.15, 0.2) is 54.6 Å². The van der Waals surface area contributed by atoms with Crippen LogP contribution in [0.5, 0.6) is 0 Å². The van der Waals surface area contributed by atoms with Gasteiger partial charge in [0.2, 0.25) is 0 Å². The highest BCUT2D eigenvalue weighted by molar-refractivity contribution is 5.18. The van der Waals surface area contributed by atoms with E-state index in [4.69, 9.17) is 11.5 Å². The Balaban J connectivity index is 1.86. The largest absolute Gasteiger partial charge is 0.390 e. The summed E-state index contributed by atoms with van der Waals surface area (Å²) in [7, 11) is 0. The summed E-state index contributed by atoms with van der Waals surface area (Å²) in [6.45, 7) is 0. The standard InChI is InChI=1S/C18H23FN2O/c19-15-9-5-4-8-14(15)10-11-16(20)18(22)17(21)12-13-6-2-1-3-7-13/h1-9,16-18,22H,10-12,20-21H2/t16?,17-,18+/m0/s1. The van der Waals surface area contributed by atoms with Crippen LogP contribution in [-0.2, 0) is 12.8 Å². The fourth-order valence-corrected chi connectivity index (χ4v) is 2.52. The summed E-state index contributed by atoms with van der Waals surface area (Å²) in [5.74, 6) is -0.238. The van der Waals surface area contributed by atoms with Crippen molar-refractivity contribution in [1.82, 2.24) is 0 Å². The summed E-state index contributed by atoms with van der Waals surface area (Å²) in [6, 6.07) is 15.5. The first kappa shape index (κ1) is 16.6. The first-order chi connectivity index (χ1) is 10.6. The van der Waals surface area contributed by atoms with Gasteiger partial charge in [0, 0.05) is 12.1 Å². The van der Waals surface area contributed by atoms with Gasteiger partial charge in [0.15, 0.2) is 0 Å². The number of benzene rings is 2. The third-order valence-electron chi connectivity index (χ3n) is 3.90. The molecule has 0 aliphatic carbocycles. The molecule has 3 atom stereocenters. The van der Waals surface area contributed by atoms with Crippen molar-refractivity contribution >= 4 is 0 Å². The van der Waals surface area contributed by atoms with E-state index in [-0.39, 0.29) is 5.82 Å². The van der Waals surface area contributed by atoms with Crippen molar-refractivity contribution in [2.24, 2.45) is 11.5 Å². The zero-order chi connectivity index (χ0) is 15.9. The van der Waals surface area contributed by atoms with Crippen LogP contribution in [0.2, 0.25) is 0 Å². The Morgan fingerprint density at radius 2 is 1.55 bits per heavy atom. The molecule has 0 saturated carbocycles. The molecule has 2 aromatic carbocycles. The number of hydrogen-bond acceptors (Lipinski definition) is 3. The summed E-state index contributed by atoms with van der Waals surface area (Å²) in [4.78, 5) is 0. The van der Waals surface area contributed by atoms with Crippen LogP contribution >= 0.6 is 0 Å². The van der Waals surface area contributed by atoms with E-state index >= 15 is 0 Å². The fraction of sp³-hybridized carbons (Fsp3) is 0.333. The number of rotatable bonds is 7. The number of aryl methyl sites for hydroxylation is 1. The van der Waals surface area contributed by atoms with Gasteiger partial charge in [-0.2, -0.15) is 0 Å². The second kappa shape index (κ2) is 8.03. The summed E-state index contributed by atoms with van der Waals surface area (Å²) in [6.07, 6.45) is 0.732. The van der Waals surface area contributed by atoms with E-state index in [0.717, 1.165) is 5.56 Å². The monoisotopic (exact) mass is 302 g/mol. The molecule has 2 aromatic rings. The van der Waals surface area contributed by atoms with Gasteiger partial charge < -0.3 is 16.6 Å². The minimum atomic E-state index is -0.813. The fourth-order valence-electron chi connectivity index (χ4n) is 2.52. The van der Waals surface area contributed by atoms with Crippen LogP contribution in [0.3, 0.4) is 0 Å². The molecule has 3 nitrogen and oxygen atoms in total. The highest BCUT2D eigenvalue weighted by atomic mass is 19.1. The quantitative estimate of drug-likeness (QED) is 0.732. The maximum absolute atomic E-state index is 13.6. The highest BCUT2D eigenvalue weighted by Gasteiger charge is 2.22. The second-order valence-electron chi connectivity index (χ2n) is 5.64. The summed E-state index contributed by atoms with van der Waals surface area (Å²) in [5, 5.41) is 10.3. The summed E-state index contributed by atoms with van der Waals surface area (Å²) >= 11 is 0. The number of halogens is 1. The zero-order valence-corrected chi connectivity index (χ0v) is 12.5. The minimum absolute atomic E-state index is 0.238. The van der Waals surface area contributed by atoms with Crippen LogP contribution in [0.4, 0.5) is 4.39 Å². The number of hydrogen-bond donors (Lipinski definition) is 3. The van der Waals surface area contributed by atoms with Gasteiger partial charge in [0.1, 0.15) is 5.82 Å². The SMILES string of the molecule is NC(CCc1ccccc1F)[C@@H](O)[C@@H](N)Cc1ccccc1. The van der Waals surface area contributed by atoms with Crippen LogP contribution in [-0.4, -0.2) is 23.3 Å². The molecule has 0 aliphatic heterocycles. The van der Waals surface area contributed by atoms with Crippen LogP contribution < -0.4 is 11.5 Å². The molecule has 1 unspecified atom stereocenters. The Hall–Kier alpha value is -1.75. The smallest absolute Gasteiger partial charge is 0.126 e. The topological polar surface area (TPSA) is 72.3 Å². The molecule has 2 rings (SSSR count). The van der Waals surface area contributed by atoms with Gasteiger partial charge >= 0.3 is 0 Å². The first-order valence-corrected chi connectivity index (χ1v) is 7.54. The van der Waals surface area contributed by atoms with Crippen molar-refractivity contribution in [2.45, 2.75) is 37.5 Å². The Morgan fingerprint density at radius 3 is 2.23 bits per heavy atom. The maximum atomic E-state index is 13.6. The predicted octanol–water partition coefficient (Wildman–Crippen LogP) is 2.02. The lowest BCUT2D eigenvalue weighted by molar-refractivity contribution is 0.112. The molecular formula is C18H23FN2O. The molecule has 0 spiro atoms. The molecule has 5 N–H and O–H groups in total. The van der Waals surface area contributed by atoms with E-state index in [0.29, 0.717) is 24.8 Å². The Kier molecular flexibility index (Phi) is 6.07. The van der Waals surface area contributed by atoms with Gasteiger partial charge in [-0.05, 0) is 36.5 Å². The average molecular weight is 302 g/mol. The number of nitrogens with two attached hydrogens (primary N) is 2. The van der Waals surface area contributed by atoms with Crippen molar-refractivity contribution < 1.29 is 9.50 Å². The van der Waals surface area contributed by atoms with E-state index in [2.05, 4.69) is 0 Å². The Morgan fingerprint density at radius 1 is 0.909 bits per heavy atom. The number of aliphatic hydroxyl groups is 1. The average Bonchev–Trinajstić information content (AvgIpc) is 2.54. The molecule has 0 saturated heterocycles. The van der Waals surface area contributed by atoms with E-state index in [1.807, 2.05) is 30.3 Å². The normalized spacial score (nSPS) is 15.3. The predicted molar refractivity (Wildman–Crippen MR) is 86.8 cm³/mol. The van der Waals surface area contributed by atoms with E-state index in [1.165, 1.54) is 6.07 Å². The lowest BCUT2D eigenvalue weighted by Gasteiger charge is -2.25. The third kappa shape index (κ3) is 4.63. The van der Waals surface area contributed by atoms with E-state index < -0.39 is 18.2 Å². The minimum Gasteiger partial charge on any atom is -0.390 e.